The van der Waals surface area contributed by atoms with E-state index in [1.807, 2.05) is 0 Å². The maximum absolute atomic E-state index is 13.7. The van der Waals surface area contributed by atoms with Crippen molar-refractivity contribution in [2.45, 2.75) is 78.0 Å². The Morgan fingerprint density at radius 2 is 1.67 bits per heavy atom. The van der Waals surface area contributed by atoms with Crippen LogP contribution in [0.4, 0.5) is 4.39 Å². The smallest absolute Gasteiger partial charge is 0.337 e. The Labute approximate surface area is 160 Å². The van der Waals surface area contributed by atoms with Crippen molar-refractivity contribution in [1.82, 2.24) is 0 Å². The minimum absolute atomic E-state index is 0.0115. The highest BCUT2D eigenvalue weighted by Gasteiger charge is 2.16. The number of rotatable bonds is 15. The van der Waals surface area contributed by atoms with Crippen molar-refractivity contribution in [3.8, 4) is 0 Å². The topological polar surface area (TPSA) is 89.9 Å². The third-order valence-electron chi connectivity index (χ3n) is 3.79. The summed E-state index contributed by atoms with van der Waals surface area (Å²) in [5.41, 5.74) is -0.130. The van der Waals surface area contributed by atoms with E-state index < -0.39 is 24.3 Å². The second-order valence-corrected chi connectivity index (χ2v) is 6.36. The first-order chi connectivity index (χ1) is 12.8. The van der Waals surface area contributed by atoms with Crippen LogP contribution in [0.5, 0.6) is 0 Å². The van der Waals surface area contributed by atoms with Crippen LogP contribution >= 0.6 is 0 Å². The minimum Gasteiger partial charge on any atom is -0.481 e. The first-order valence-corrected chi connectivity index (χ1v) is 9.39. The molecule has 0 rings (SSSR count). The van der Waals surface area contributed by atoms with Crippen molar-refractivity contribution in [2.24, 2.45) is 0 Å². The number of carboxylic acid groups (broad SMARTS) is 1. The summed E-state index contributed by atoms with van der Waals surface area (Å²) in [5, 5.41) is 8.47. The standard InChI is InChI=1S/C20H31FO6/c1-4-5-6-7-8-9-10-11-17(21)27-20(25)16(3)14-15(2)19(24)26-13-12-18(22)23/h14,17H,2,4-13H2,1,3H3,(H,22,23)/b16-14+. The number of esters is 2. The van der Waals surface area contributed by atoms with Gasteiger partial charge in [0.2, 0.25) is 6.36 Å². The number of carbonyl (C=O) groups is 3. The van der Waals surface area contributed by atoms with E-state index >= 15 is 0 Å². The van der Waals surface area contributed by atoms with E-state index in [0.29, 0.717) is 6.42 Å². The molecule has 0 amide bonds. The van der Waals surface area contributed by atoms with Gasteiger partial charge >= 0.3 is 17.9 Å². The van der Waals surface area contributed by atoms with Crippen LogP contribution in [0.3, 0.4) is 0 Å². The van der Waals surface area contributed by atoms with E-state index in [1.165, 1.54) is 26.2 Å². The molecule has 0 spiro atoms. The fourth-order valence-corrected chi connectivity index (χ4v) is 2.23. The van der Waals surface area contributed by atoms with Crippen LogP contribution < -0.4 is 0 Å². The quantitative estimate of drug-likeness (QED) is 0.193. The predicted molar refractivity (Wildman–Crippen MR) is 99.7 cm³/mol. The second-order valence-electron chi connectivity index (χ2n) is 6.36. The first-order valence-electron chi connectivity index (χ1n) is 9.39. The summed E-state index contributed by atoms with van der Waals surface area (Å²) in [5.74, 6) is -2.81. The third kappa shape index (κ3) is 13.7. The van der Waals surface area contributed by atoms with Gasteiger partial charge in [0.05, 0.1) is 12.0 Å². The second kappa shape index (κ2) is 14.9. The van der Waals surface area contributed by atoms with Gasteiger partial charge in [-0.05, 0) is 19.4 Å². The highest BCUT2D eigenvalue weighted by atomic mass is 19.1. The van der Waals surface area contributed by atoms with Gasteiger partial charge in [-0.25, -0.2) is 14.0 Å². The van der Waals surface area contributed by atoms with Crippen molar-refractivity contribution in [3.63, 3.8) is 0 Å². The number of halogens is 1. The van der Waals surface area contributed by atoms with Crippen molar-refractivity contribution >= 4 is 17.9 Å². The number of ether oxygens (including phenoxy) is 2. The van der Waals surface area contributed by atoms with Gasteiger partial charge < -0.3 is 14.6 Å². The van der Waals surface area contributed by atoms with Gasteiger partial charge in [0.25, 0.3) is 0 Å². The lowest BCUT2D eigenvalue weighted by atomic mass is 10.1. The van der Waals surface area contributed by atoms with Crippen LogP contribution in [-0.2, 0) is 23.9 Å². The fourth-order valence-electron chi connectivity index (χ4n) is 2.23. The number of carbonyl (C=O) groups excluding carboxylic acids is 2. The molecule has 0 heterocycles. The van der Waals surface area contributed by atoms with Gasteiger partial charge in [0, 0.05) is 12.0 Å². The number of hydrogen-bond acceptors (Lipinski definition) is 5. The molecule has 0 aliphatic rings. The zero-order valence-electron chi connectivity index (χ0n) is 16.3. The highest BCUT2D eigenvalue weighted by molar-refractivity contribution is 5.95. The maximum atomic E-state index is 13.7. The molecular weight excluding hydrogens is 355 g/mol. The average Bonchev–Trinajstić information content (AvgIpc) is 2.60. The lowest BCUT2D eigenvalue weighted by molar-refractivity contribution is -0.153. The molecule has 0 radical (unpaired) electrons. The summed E-state index contributed by atoms with van der Waals surface area (Å²) in [6.07, 6.45) is 6.57. The molecule has 0 aromatic rings. The number of unbranched alkanes of at least 4 members (excludes halogenated alkanes) is 6. The maximum Gasteiger partial charge on any atom is 0.337 e. The zero-order chi connectivity index (χ0) is 20.7. The molecule has 0 aromatic carbocycles. The van der Waals surface area contributed by atoms with E-state index in [-0.39, 0.29) is 30.6 Å². The van der Waals surface area contributed by atoms with Crippen LogP contribution in [0.25, 0.3) is 0 Å². The van der Waals surface area contributed by atoms with Crippen LogP contribution in [-0.4, -0.2) is 36.0 Å². The summed E-state index contributed by atoms with van der Waals surface area (Å²) >= 11 is 0. The monoisotopic (exact) mass is 386 g/mol. The predicted octanol–water partition coefficient (Wildman–Crippen LogP) is 4.49. The van der Waals surface area contributed by atoms with Crippen LogP contribution in [0.2, 0.25) is 0 Å². The summed E-state index contributed by atoms with van der Waals surface area (Å²) in [7, 11) is 0. The lowest BCUT2D eigenvalue weighted by Gasteiger charge is -2.10. The SMILES string of the molecule is C=C(/C=C(\C)C(=O)OC(F)CCCCCCCCC)C(=O)OCCC(=O)O. The molecule has 7 heteroatoms. The molecule has 27 heavy (non-hydrogen) atoms. The van der Waals surface area contributed by atoms with Crippen LogP contribution in [0.15, 0.2) is 23.8 Å². The molecule has 0 saturated heterocycles. The average molecular weight is 386 g/mol. The van der Waals surface area contributed by atoms with Crippen molar-refractivity contribution < 1.29 is 33.4 Å². The molecule has 6 nitrogen and oxygen atoms in total. The van der Waals surface area contributed by atoms with Gasteiger partial charge in [0.1, 0.15) is 6.61 Å². The third-order valence-corrected chi connectivity index (χ3v) is 3.79. The van der Waals surface area contributed by atoms with Crippen LogP contribution in [0, 0.1) is 0 Å². The minimum atomic E-state index is -1.69. The van der Waals surface area contributed by atoms with E-state index in [4.69, 9.17) is 9.84 Å². The zero-order valence-corrected chi connectivity index (χ0v) is 16.3. The molecule has 1 N–H and O–H groups in total. The molecule has 0 aliphatic carbocycles. The van der Waals surface area contributed by atoms with Crippen molar-refractivity contribution in [2.75, 3.05) is 6.61 Å². The molecule has 0 aromatic heterocycles. The number of alkyl halides is 1. The Balaban J connectivity index is 4.12. The number of aliphatic carboxylic acids is 1. The Hall–Kier alpha value is -2.18. The Morgan fingerprint density at radius 1 is 1.07 bits per heavy atom. The van der Waals surface area contributed by atoms with Gasteiger partial charge in [0.15, 0.2) is 0 Å². The van der Waals surface area contributed by atoms with Crippen molar-refractivity contribution in [1.29, 1.82) is 0 Å². The number of hydrogen-bond donors (Lipinski definition) is 1. The largest absolute Gasteiger partial charge is 0.481 e. The molecule has 154 valence electrons. The van der Waals surface area contributed by atoms with Crippen LogP contribution in [0.1, 0.15) is 71.6 Å². The first kappa shape index (κ1) is 24.8. The number of carboxylic acids is 1. The normalized spacial score (nSPS) is 12.3. The summed E-state index contributed by atoms with van der Waals surface area (Å²) in [6, 6.07) is 0. The molecule has 1 atom stereocenters. The van der Waals surface area contributed by atoms with E-state index in [1.54, 1.807) is 0 Å². The summed E-state index contributed by atoms with van der Waals surface area (Å²) < 4.78 is 23.1. The Morgan fingerprint density at radius 3 is 2.26 bits per heavy atom. The van der Waals surface area contributed by atoms with Gasteiger partial charge in [-0.15, -0.1) is 0 Å². The Kier molecular flexibility index (Phi) is 13.7. The summed E-state index contributed by atoms with van der Waals surface area (Å²) in [4.78, 5) is 33.8. The molecule has 0 bridgehead atoms. The van der Waals surface area contributed by atoms with Crippen molar-refractivity contribution in [3.05, 3.63) is 23.8 Å². The van der Waals surface area contributed by atoms with Gasteiger partial charge in [-0.1, -0.05) is 52.0 Å². The van der Waals surface area contributed by atoms with E-state index in [2.05, 4.69) is 18.2 Å². The molecule has 0 saturated carbocycles. The Bertz CT molecular complexity index is 527. The lowest BCUT2D eigenvalue weighted by Crippen LogP contribution is -2.15. The fraction of sp³-hybridized carbons (Fsp3) is 0.650. The molecule has 0 aliphatic heterocycles. The molecule has 1 unspecified atom stereocenters. The molecular formula is C20H31FO6. The van der Waals surface area contributed by atoms with E-state index in [0.717, 1.165) is 25.3 Å². The van der Waals surface area contributed by atoms with Gasteiger partial charge in [-0.2, -0.15) is 0 Å². The van der Waals surface area contributed by atoms with E-state index in [9.17, 15) is 18.8 Å². The molecule has 0 fully saturated rings. The summed E-state index contributed by atoms with van der Waals surface area (Å²) in [6.45, 7) is 6.67. The van der Waals surface area contributed by atoms with Gasteiger partial charge in [-0.3, -0.25) is 4.79 Å². The highest BCUT2D eigenvalue weighted by Crippen LogP contribution is 2.14.